The molecule has 0 aromatic rings. The van der Waals surface area contributed by atoms with E-state index in [0.717, 1.165) is 6.42 Å². The molecule has 0 spiro atoms. The second-order valence-corrected chi connectivity index (χ2v) is 7.75. The topological polar surface area (TPSA) is 32.3 Å². The molecule has 3 aliphatic heterocycles. The van der Waals surface area contributed by atoms with E-state index >= 15 is 0 Å². The zero-order valence-electron chi connectivity index (χ0n) is 11.9. The predicted molar refractivity (Wildman–Crippen MR) is 80.4 cm³/mol. The molecule has 2 bridgehead atoms. The Labute approximate surface area is 120 Å². The van der Waals surface area contributed by atoms with E-state index in [1.54, 1.807) is 0 Å². The molecule has 1 amide bonds. The maximum Gasteiger partial charge on any atom is 0.222 e. The largest absolute Gasteiger partial charge is 0.343 e. The molecule has 0 saturated carbocycles. The van der Waals surface area contributed by atoms with Crippen LogP contribution >= 0.6 is 11.8 Å². The van der Waals surface area contributed by atoms with E-state index in [1.165, 1.54) is 50.0 Å². The number of amides is 1. The van der Waals surface area contributed by atoms with Gasteiger partial charge in [-0.15, -0.1) is 0 Å². The molecule has 0 radical (unpaired) electrons. The van der Waals surface area contributed by atoms with Crippen molar-refractivity contribution in [2.45, 2.75) is 63.1 Å². The summed E-state index contributed by atoms with van der Waals surface area (Å²) in [5.74, 6) is 3.54. The van der Waals surface area contributed by atoms with Gasteiger partial charge in [-0.05, 0) is 55.9 Å². The van der Waals surface area contributed by atoms with Crippen LogP contribution in [0.5, 0.6) is 0 Å². The van der Waals surface area contributed by atoms with Crippen LogP contribution in [0.1, 0.15) is 44.9 Å². The molecule has 108 valence electrons. The second-order valence-electron chi connectivity index (χ2n) is 6.53. The van der Waals surface area contributed by atoms with Crippen LogP contribution in [0.4, 0.5) is 0 Å². The third-order valence-electron chi connectivity index (χ3n) is 5.19. The number of nitrogens with zero attached hydrogens (tertiary/aromatic N) is 1. The number of carbonyl (C=O) groups excluding carboxylic acids is 1. The maximum atomic E-state index is 12.4. The molecule has 3 fully saturated rings. The van der Waals surface area contributed by atoms with Crippen molar-refractivity contribution in [1.82, 2.24) is 10.2 Å². The van der Waals surface area contributed by atoms with Gasteiger partial charge in [0.25, 0.3) is 0 Å². The zero-order chi connectivity index (χ0) is 13.2. The first-order chi connectivity index (χ1) is 9.22. The molecular weight excluding hydrogens is 256 g/mol. The molecule has 3 nitrogen and oxygen atoms in total. The van der Waals surface area contributed by atoms with Crippen LogP contribution in [0.25, 0.3) is 0 Å². The van der Waals surface area contributed by atoms with Crippen LogP contribution in [0.3, 0.4) is 0 Å². The summed E-state index contributed by atoms with van der Waals surface area (Å²) in [6.07, 6.45) is 8.21. The number of piperidine rings is 1. The summed E-state index contributed by atoms with van der Waals surface area (Å²) in [5, 5.41) is 3.65. The Balaban J connectivity index is 1.51. The van der Waals surface area contributed by atoms with Gasteiger partial charge < -0.3 is 10.2 Å². The standard InChI is InChI=1S/C15H26N2OS/c1-17(14-9-12-2-3-13(10-14)16-12)15(18)8-11-4-6-19-7-5-11/h11-14,16H,2-10H2,1H3. The van der Waals surface area contributed by atoms with E-state index in [1.807, 2.05) is 18.8 Å². The van der Waals surface area contributed by atoms with Crippen molar-refractivity contribution in [3.63, 3.8) is 0 Å². The summed E-state index contributed by atoms with van der Waals surface area (Å²) in [7, 11) is 2.04. The highest BCUT2D eigenvalue weighted by Gasteiger charge is 2.36. The molecule has 0 aromatic carbocycles. The summed E-state index contributed by atoms with van der Waals surface area (Å²) < 4.78 is 0. The lowest BCUT2D eigenvalue weighted by atomic mass is 9.95. The van der Waals surface area contributed by atoms with Crippen molar-refractivity contribution >= 4 is 17.7 Å². The van der Waals surface area contributed by atoms with Crippen LogP contribution in [-0.4, -0.2) is 47.5 Å². The van der Waals surface area contributed by atoms with Gasteiger partial charge in [0.2, 0.25) is 5.91 Å². The van der Waals surface area contributed by atoms with Crippen molar-refractivity contribution < 1.29 is 4.79 Å². The molecule has 1 N–H and O–H groups in total. The van der Waals surface area contributed by atoms with Crippen molar-refractivity contribution in [1.29, 1.82) is 0 Å². The fourth-order valence-electron chi connectivity index (χ4n) is 3.89. The number of rotatable bonds is 3. The summed E-state index contributed by atoms with van der Waals surface area (Å²) in [6.45, 7) is 0. The zero-order valence-corrected chi connectivity index (χ0v) is 12.8. The minimum absolute atomic E-state index is 0.392. The van der Waals surface area contributed by atoms with Gasteiger partial charge in [0.05, 0.1) is 0 Å². The fourth-order valence-corrected chi connectivity index (χ4v) is 5.09. The van der Waals surface area contributed by atoms with E-state index in [9.17, 15) is 4.79 Å². The van der Waals surface area contributed by atoms with E-state index in [-0.39, 0.29) is 0 Å². The number of thioether (sulfide) groups is 1. The molecule has 3 aliphatic rings. The van der Waals surface area contributed by atoms with Gasteiger partial charge in [0.15, 0.2) is 0 Å². The lowest BCUT2D eigenvalue weighted by Crippen LogP contribution is -2.49. The Morgan fingerprint density at radius 3 is 2.42 bits per heavy atom. The van der Waals surface area contributed by atoms with Gasteiger partial charge >= 0.3 is 0 Å². The third kappa shape index (κ3) is 3.27. The Morgan fingerprint density at radius 2 is 1.79 bits per heavy atom. The molecular formula is C15H26N2OS. The van der Waals surface area contributed by atoms with Gasteiger partial charge in [0.1, 0.15) is 0 Å². The van der Waals surface area contributed by atoms with Gasteiger partial charge in [-0.3, -0.25) is 4.79 Å². The van der Waals surface area contributed by atoms with Crippen LogP contribution in [0.15, 0.2) is 0 Å². The predicted octanol–water partition coefficient (Wildman–Crippen LogP) is 2.26. The highest BCUT2D eigenvalue weighted by Crippen LogP contribution is 2.31. The highest BCUT2D eigenvalue weighted by molar-refractivity contribution is 7.99. The molecule has 3 rings (SSSR count). The molecule has 19 heavy (non-hydrogen) atoms. The van der Waals surface area contributed by atoms with Gasteiger partial charge in [-0.1, -0.05) is 0 Å². The lowest BCUT2D eigenvalue weighted by molar-refractivity contribution is -0.133. The first-order valence-electron chi connectivity index (χ1n) is 7.82. The normalized spacial score (nSPS) is 35.3. The second kappa shape index (κ2) is 6.04. The van der Waals surface area contributed by atoms with Crippen LogP contribution in [-0.2, 0) is 4.79 Å². The Hall–Kier alpha value is -0.220. The van der Waals surface area contributed by atoms with Crippen LogP contribution in [0.2, 0.25) is 0 Å². The Morgan fingerprint density at radius 1 is 1.16 bits per heavy atom. The lowest BCUT2D eigenvalue weighted by Gasteiger charge is -2.36. The fraction of sp³-hybridized carbons (Fsp3) is 0.933. The maximum absolute atomic E-state index is 12.4. The molecule has 3 saturated heterocycles. The van der Waals surface area contributed by atoms with E-state index in [4.69, 9.17) is 0 Å². The quantitative estimate of drug-likeness (QED) is 0.862. The molecule has 2 atom stereocenters. The number of nitrogens with one attached hydrogen (secondary N) is 1. The SMILES string of the molecule is CN(C(=O)CC1CCSCC1)C1CC2CCC(C1)N2. The molecule has 2 unspecified atom stereocenters. The summed E-state index contributed by atoms with van der Waals surface area (Å²) in [5.41, 5.74) is 0. The number of hydrogen-bond donors (Lipinski definition) is 1. The Bertz CT molecular complexity index is 318. The van der Waals surface area contributed by atoms with Gasteiger partial charge in [-0.25, -0.2) is 0 Å². The Kier molecular flexibility index (Phi) is 4.37. The average Bonchev–Trinajstić information content (AvgIpc) is 2.77. The van der Waals surface area contributed by atoms with Crippen LogP contribution < -0.4 is 5.32 Å². The molecule has 0 aliphatic carbocycles. The minimum Gasteiger partial charge on any atom is -0.343 e. The molecule has 0 aromatic heterocycles. The molecule has 4 heteroatoms. The van der Waals surface area contributed by atoms with E-state index < -0.39 is 0 Å². The van der Waals surface area contributed by atoms with Crippen LogP contribution in [0, 0.1) is 5.92 Å². The van der Waals surface area contributed by atoms with E-state index in [2.05, 4.69) is 10.2 Å². The van der Waals surface area contributed by atoms with Gasteiger partial charge in [0, 0.05) is 31.6 Å². The number of carbonyl (C=O) groups is 1. The van der Waals surface area contributed by atoms with Crippen molar-refractivity contribution in [3.8, 4) is 0 Å². The number of hydrogen-bond acceptors (Lipinski definition) is 3. The number of fused-ring (bicyclic) bond motifs is 2. The summed E-state index contributed by atoms with van der Waals surface area (Å²) in [6, 6.07) is 1.83. The van der Waals surface area contributed by atoms with Crippen molar-refractivity contribution in [2.75, 3.05) is 18.6 Å². The summed E-state index contributed by atoms with van der Waals surface area (Å²) >= 11 is 2.04. The smallest absolute Gasteiger partial charge is 0.222 e. The van der Waals surface area contributed by atoms with E-state index in [0.29, 0.717) is 30.0 Å². The summed E-state index contributed by atoms with van der Waals surface area (Å²) in [4.78, 5) is 14.5. The first-order valence-corrected chi connectivity index (χ1v) is 8.97. The average molecular weight is 282 g/mol. The first kappa shape index (κ1) is 13.7. The minimum atomic E-state index is 0.392. The van der Waals surface area contributed by atoms with Crippen molar-refractivity contribution in [2.24, 2.45) is 5.92 Å². The van der Waals surface area contributed by atoms with Crippen molar-refractivity contribution in [3.05, 3.63) is 0 Å². The highest BCUT2D eigenvalue weighted by atomic mass is 32.2. The van der Waals surface area contributed by atoms with Gasteiger partial charge in [-0.2, -0.15) is 11.8 Å². The monoisotopic (exact) mass is 282 g/mol. The third-order valence-corrected chi connectivity index (χ3v) is 6.24. The molecule has 3 heterocycles.